The molecule has 1 aromatic rings. The molecule has 1 aromatic carbocycles. The predicted molar refractivity (Wildman–Crippen MR) is 75.5 cm³/mol. The van der Waals surface area contributed by atoms with Crippen LogP contribution in [-0.2, 0) is 26.3 Å². The highest BCUT2D eigenvalue weighted by Crippen LogP contribution is 2.42. The van der Waals surface area contributed by atoms with Gasteiger partial charge in [-0.2, -0.15) is 8.42 Å². The van der Waals surface area contributed by atoms with E-state index < -0.39 is 60.7 Å². The van der Waals surface area contributed by atoms with Crippen molar-refractivity contribution in [1.29, 1.82) is 0 Å². The topological polar surface area (TPSA) is 164 Å². The van der Waals surface area contributed by atoms with E-state index in [0.29, 0.717) is 6.07 Å². The van der Waals surface area contributed by atoms with Crippen molar-refractivity contribution in [3.8, 4) is 11.5 Å². The fourth-order valence-corrected chi connectivity index (χ4v) is 2.27. The number of carbonyl (C=O) groups is 1. The van der Waals surface area contributed by atoms with E-state index in [1.165, 1.54) is 0 Å². The Morgan fingerprint density at radius 2 is 1.87 bits per heavy atom. The average Bonchev–Trinajstić information content (AvgIpc) is 2.31. The number of hydrogen-bond donors (Lipinski definition) is 3. The van der Waals surface area contributed by atoms with Crippen molar-refractivity contribution in [3.05, 3.63) is 21.7 Å². The standard InChI is InChI=1S/C12H15NO9S/c1-12(2,3)11(16)22-5-6-4-7(14)10(23(19,20)21)9(15)8(6)13(17)18/h4,14-15H,5H2,1-3H3,(H,19,20,21). The summed E-state index contributed by atoms with van der Waals surface area (Å²) < 4.78 is 35.9. The van der Waals surface area contributed by atoms with Gasteiger partial charge in [0.1, 0.15) is 12.4 Å². The first-order valence-electron chi connectivity index (χ1n) is 6.13. The maximum absolute atomic E-state index is 11.7. The van der Waals surface area contributed by atoms with Crippen LogP contribution in [0, 0.1) is 15.5 Å². The highest BCUT2D eigenvalue weighted by atomic mass is 32.2. The van der Waals surface area contributed by atoms with E-state index in [-0.39, 0.29) is 0 Å². The van der Waals surface area contributed by atoms with Gasteiger partial charge in [0.25, 0.3) is 0 Å². The molecule has 0 aliphatic heterocycles. The first-order chi connectivity index (χ1) is 10.3. The Balaban J connectivity index is 3.40. The summed E-state index contributed by atoms with van der Waals surface area (Å²) in [6, 6.07) is 0.622. The zero-order valence-corrected chi connectivity index (χ0v) is 13.2. The van der Waals surface area contributed by atoms with Crippen molar-refractivity contribution in [1.82, 2.24) is 0 Å². The zero-order valence-electron chi connectivity index (χ0n) is 12.4. The second kappa shape index (κ2) is 6.01. The van der Waals surface area contributed by atoms with Crippen molar-refractivity contribution in [2.45, 2.75) is 32.3 Å². The summed E-state index contributed by atoms with van der Waals surface area (Å²) >= 11 is 0. The molecule has 1 rings (SSSR count). The fourth-order valence-electron chi connectivity index (χ4n) is 1.61. The Morgan fingerprint density at radius 1 is 1.35 bits per heavy atom. The summed E-state index contributed by atoms with van der Waals surface area (Å²) in [6.07, 6.45) is 0. The predicted octanol–water partition coefficient (Wildman–Crippen LogP) is 1.34. The molecule has 0 saturated carbocycles. The average molecular weight is 349 g/mol. The molecule has 0 atom stereocenters. The van der Waals surface area contributed by atoms with E-state index in [1.807, 2.05) is 0 Å². The maximum atomic E-state index is 11.7. The van der Waals surface area contributed by atoms with Gasteiger partial charge in [0.05, 0.1) is 15.9 Å². The molecule has 0 fully saturated rings. The molecular formula is C12H15NO9S. The van der Waals surface area contributed by atoms with Gasteiger partial charge in [-0.05, 0) is 26.8 Å². The van der Waals surface area contributed by atoms with Crippen LogP contribution in [0.15, 0.2) is 11.0 Å². The number of nitro groups is 1. The number of rotatable bonds is 4. The maximum Gasteiger partial charge on any atom is 0.319 e. The molecule has 10 nitrogen and oxygen atoms in total. The van der Waals surface area contributed by atoms with Gasteiger partial charge in [-0.3, -0.25) is 19.5 Å². The lowest BCUT2D eigenvalue weighted by Crippen LogP contribution is -2.22. The van der Waals surface area contributed by atoms with Crippen molar-refractivity contribution < 1.29 is 37.6 Å². The van der Waals surface area contributed by atoms with Crippen molar-refractivity contribution >= 4 is 21.8 Å². The van der Waals surface area contributed by atoms with Crippen LogP contribution >= 0.6 is 0 Å². The molecule has 0 aliphatic carbocycles. The van der Waals surface area contributed by atoms with Crippen LogP contribution in [0.3, 0.4) is 0 Å². The molecule has 128 valence electrons. The second-order valence-corrected chi connectivity index (χ2v) is 7.00. The molecular weight excluding hydrogens is 334 g/mol. The normalized spacial score (nSPS) is 12.0. The highest BCUT2D eigenvalue weighted by Gasteiger charge is 2.33. The molecule has 0 spiro atoms. The quantitative estimate of drug-likeness (QED) is 0.315. The molecule has 0 aliphatic rings. The van der Waals surface area contributed by atoms with Gasteiger partial charge in [-0.1, -0.05) is 0 Å². The molecule has 11 heteroatoms. The Bertz CT molecular complexity index is 762. The van der Waals surface area contributed by atoms with Crippen molar-refractivity contribution in [2.75, 3.05) is 0 Å². The number of ether oxygens (including phenoxy) is 1. The van der Waals surface area contributed by atoms with Crippen LogP contribution in [-0.4, -0.2) is 34.1 Å². The summed E-state index contributed by atoms with van der Waals surface area (Å²) in [5, 5.41) is 30.3. The first kappa shape index (κ1) is 18.6. The number of nitro benzene ring substituents is 1. The van der Waals surface area contributed by atoms with E-state index in [0.717, 1.165) is 0 Å². The second-order valence-electron chi connectivity index (χ2n) is 5.64. The third kappa shape index (κ3) is 4.07. The smallest absolute Gasteiger partial charge is 0.319 e. The van der Waals surface area contributed by atoms with E-state index in [4.69, 9.17) is 9.29 Å². The fraction of sp³-hybridized carbons (Fsp3) is 0.417. The lowest BCUT2D eigenvalue weighted by atomic mass is 9.97. The molecule has 23 heavy (non-hydrogen) atoms. The van der Waals surface area contributed by atoms with Crippen molar-refractivity contribution in [3.63, 3.8) is 0 Å². The number of aromatic hydroxyl groups is 2. The molecule has 0 amide bonds. The Morgan fingerprint density at radius 3 is 2.26 bits per heavy atom. The van der Waals surface area contributed by atoms with E-state index in [1.54, 1.807) is 20.8 Å². The highest BCUT2D eigenvalue weighted by molar-refractivity contribution is 7.86. The van der Waals surface area contributed by atoms with Crippen LogP contribution in [0.2, 0.25) is 0 Å². The Hall–Kier alpha value is -2.40. The number of hydrogen-bond acceptors (Lipinski definition) is 8. The van der Waals surface area contributed by atoms with E-state index in [2.05, 4.69) is 0 Å². The van der Waals surface area contributed by atoms with E-state index >= 15 is 0 Å². The molecule has 3 N–H and O–H groups in total. The number of nitrogens with zero attached hydrogens (tertiary/aromatic N) is 1. The van der Waals surface area contributed by atoms with Gasteiger partial charge in [-0.15, -0.1) is 0 Å². The van der Waals surface area contributed by atoms with Gasteiger partial charge in [0.15, 0.2) is 4.90 Å². The van der Waals surface area contributed by atoms with Gasteiger partial charge >= 0.3 is 21.8 Å². The number of carbonyl (C=O) groups excluding carboxylic acids is 1. The third-order valence-corrected chi connectivity index (χ3v) is 3.62. The molecule has 0 saturated heterocycles. The molecule has 0 unspecified atom stereocenters. The number of phenolic OH excluding ortho intramolecular Hbond substituents is 2. The molecule has 0 aromatic heterocycles. The first-order valence-corrected chi connectivity index (χ1v) is 7.57. The van der Waals surface area contributed by atoms with Gasteiger partial charge in [-0.25, -0.2) is 0 Å². The third-order valence-electron chi connectivity index (χ3n) is 2.70. The molecule has 0 bridgehead atoms. The molecule has 0 heterocycles. The number of esters is 1. The largest absolute Gasteiger partial charge is 0.506 e. The van der Waals surface area contributed by atoms with Crippen LogP contribution in [0.5, 0.6) is 11.5 Å². The SMILES string of the molecule is CC(C)(C)C(=O)OCc1cc(O)c(S(=O)(=O)O)c(O)c1[N+](=O)[O-]. The lowest BCUT2D eigenvalue weighted by molar-refractivity contribution is -0.387. The summed E-state index contributed by atoms with van der Waals surface area (Å²) in [5.41, 5.74) is -2.43. The minimum absolute atomic E-state index is 0.435. The minimum atomic E-state index is -5.10. The van der Waals surface area contributed by atoms with Crippen molar-refractivity contribution in [2.24, 2.45) is 5.41 Å². The van der Waals surface area contributed by atoms with Crippen LogP contribution < -0.4 is 0 Å². The molecule has 0 radical (unpaired) electrons. The van der Waals surface area contributed by atoms with Crippen LogP contribution in [0.25, 0.3) is 0 Å². The monoisotopic (exact) mass is 349 g/mol. The zero-order chi connectivity index (χ0) is 18.2. The van der Waals surface area contributed by atoms with Crippen LogP contribution in [0.4, 0.5) is 5.69 Å². The Kier molecular flexibility index (Phi) is 4.87. The Labute approximate surface area is 131 Å². The summed E-state index contributed by atoms with van der Waals surface area (Å²) in [6.45, 7) is 3.94. The van der Waals surface area contributed by atoms with Gasteiger partial charge in [0, 0.05) is 0 Å². The van der Waals surface area contributed by atoms with E-state index in [9.17, 15) is 33.5 Å². The summed E-state index contributed by atoms with van der Waals surface area (Å²) in [5.74, 6) is -3.26. The lowest BCUT2D eigenvalue weighted by Gasteiger charge is -2.17. The minimum Gasteiger partial charge on any atom is -0.506 e. The summed E-state index contributed by atoms with van der Waals surface area (Å²) in [7, 11) is -5.10. The van der Waals surface area contributed by atoms with Gasteiger partial charge in [0.2, 0.25) is 5.75 Å². The number of phenols is 2. The van der Waals surface area contributed by atoms with Gasteiger partial charge < -0.3 is 14.9 Å². The van der Waals surface area contributed by atoms with Crippen LogP contribution in [0.1, 0.15) is 26.3 Å². The number of benzene rings is 1. The summed E-state index contributed by atoms with van der Waals surface area (Å²) in [4.78, 5) is 20.2.